The second kappa shape index (κ2) is 15.2. The molecule has 0 amide bonds. The minimum atomic E-state index is 0. The van der Waals surface area contributed by atoms with Gasteiger partial charge in [0, 0.05) is 39.3 Å². The van der Waals surface area contributed by atoms with E-state index in [1.54, 1.807) is 6.26 Å². The molecule has 1 saturated heterocycles. The van der Waals surface area contributed by atoms with E-state index < -0.39 is 0 Å². The number of hydrogen-bond acceptors (Lipinski definition) is 5. The molecule has 0 unspecified atom stereocenters. The van der Waals surface area contributed by atoms with Crippen LogP contribution in [0.5, 0.6) is 0 Å². The number of nitrogens with zero attached hydrogens (tertiary/aromatic N) is 2. The number of guanidine groups is 1. The summed E-state index contributed by atoms with van der Waals surface area (Å²) in [6.45, 7) is 10.2. The van der Waals surface area contributed by atoms with Gasteiger partial charge in [0.25, 0.3) is 0 Å². The van der Waals surface area contributed by atoms with E-state index in [-0.39, 0.29) is 24.0 Å². The van der Waals surface area contributed by atoms with Crippen LogP contribution in [0, 0.1) is 0 Å². The average molecular weight is 542 g/mol. The van der Waals surface area contributed by atoms with Crippen molar-refractivity contribution in [3.05, 3.63) is 59.5 Å². The van der Waals surface area contributed by atoms with Crippen molar-refractivity contribution < 1.29 is 13.9 Å². The molecule has 7 nitrogen and oxygen atoms in total. The molecule has 1 aliphatic heterocycles. The van der Waals surface area contributed by atoms with Crippen molar-refractivity contribution in [3.8, 4) is 0 Å². The van der Waals surface area contributed by atoms with Crippen LogP contribution in [0.2, 0.25) is 0 Å². The zero-order valence-corrected chi connectivity index (χ0v) is 20.7. The van der Waals surface area contributed by atoms with Gasteiger partial charge in [0.2, 0.25) is 0 Å². The van der Waals surface area contributed by atoms with E-state index in [1.807, 2.05) is 12.1 Å². The summed E-state index contributed by atoms with van der Waals surface area (Å²) in [4.78, 5) is 7.13. The molecule has 8 heteroatoms. The summed E-state index contributed by atoms with van der Waals surface area (Å²) in [6.07, 6.45) is 2.57. The largest absolute Gasteiger partial charge is 0.467 e. The first-order valence-electron chi connectivity index (χ1n) is 10.8. The summed E-state index contributed by atoms with van der Waals surface area (Å²) in [5.74, 6) is 1.69. The molecule has 0 aliphatic carbocycles. The Balaban J connectivity index is 0.00000341. The third-order valence-electron chi connectivity index (χ3n) is 4.88. The summed E-state index contributed by atoms with van der Waals surface area (Å²) in [5.41, 5.74) is 2.55. The lowest BCUT2D eigenvalue weighted by atomic mass is 10.1. The van der Waals surface area contributed by atoms with Crippen molar-refractivity contribution in [2.45, 2.75) is 33.0 Å². The number of hydrogen-bond donors (Lipinski definition) is 2. The van der Waals surface area contributed by atoms with Crippen LogP contribution in [-0.2, 0) is 29.2 Å². The number of benzene rings is 1. The van der Waals surface area contributed by atoms with Gasteiger partial charge in [0.15, 0.2) is 5.96 Å². The third-order valence-corrected chi connectivity index (χ3v) is 4.88. The minimum absolute atomic E-state index is 0. The number of halogens is 1. The summed E-state index contributed by atoms with van der Waals surface area (Å²) in [6, 6.07) is 12.5. The summed E-state index contributed by atoms with van der Waals surface area (Å²) in [5, 5.41) is 6.66. The fourth-order valence-electron chi connectivity index (χ4n) is 3.23. The van der Waals surface area contributed by atoms with Crippen LogP contribution >= 0.6 is 24.0 Å². The minimum Gasteiger partial charge on any atom is -0.467 e. The van der Waals surface area contributed by atoms with Gasteiger partial charge in [-0.05, 0) is 36.6 Å². The Hall–Kier alpha value is -1.62. The Bertz CT molecular complexity index is 732. The van der Waals surface area contributed by atoms with Crippen molar-refractivity contribution in [1.29, 1.82) is 0 Å². The van der Waals surface area contributed by atoms with Crippen LogP contribution in [0.1, 0.15) is 30.2 Å². The van der Waals surface area contributed by atoms with Crippen molar-refractivity contribution >= 4 is 29.9 Å². The van der Waals surface area contributed by atoms with Crippen molar-refractivity contribution in [1.82, 2.24) is 15.5 Å². The maximum absolute atomic E-state index is 5.61. The molecule has 2 heterocycles. The first-order chi connectivity index (χ1) is 14.8. The highest BCUT2D eigenvalue weighted by atomic mass is 127. The lowest BCUT2D eigenvalue weighted by molar-refractivity contribution is 0.0342. The standard InChI is InChI=1S/C23H34N4O3.HI/c1-2-24-23(25-10-4-13-29-19-22-5-3-14-30-22)26-17-20-6-8-21(9-7-20)18-27-11-15-28-16-12-27;/h3,5-9,14H,2,4,10-13,15-19H2,1H3,(H2,24,25,26);1H. The molecular weight excluding hydrogens is 507 g/mol. The van der Waals surface area contributed by atoms with Crippen LogP contribution in [0.15, 0.2) is 52.1 Å². The molecule has 1 aromatic heterocycles. The maximum atomic E-state index is 5.61. The SMILES string of the molecule is CCNC(=NCc1ccc(CN2CCOCC2)cc1)NCCCOCc1ccco1.I. The first-order valence-corrected chi connectivity index (χ1v) is 10.8. The quantitative estimate of drug-likeness (QED) is 0.196. The molecule has 3 rings (SSSR count). The zero-order chi connectivity index (χ0) is 20.9. The summed E-state index contributed by atoms with van der Waals surface area (Å²) < 4.78 is 16.3. The zero-order valence-electron chi connectivity index (χ0n) is 18.3. The molecule has 1 fully saturated rings. The number of ether oxygens (including phenoxy) is 2. The number of morpholine rings is 1. The smallest absolute Gasteiger partial charge is 0.191 e. The highest BCUT2D eigenvalue weighted by molar-refractivity contribution is 14.0. The van der Waals surface area contributed by atoms with Crippen LogP contribution in [0.3, 0.4) is 0 Å². The second-order valence-corrected chi connectivity index (χ2v) is 7.31. The first kappa shape index (κ1) is 25.6. The third kappa shape index (κ3) is 10.0. The second-order valence-electron chi connectivity index (χ2n) is 7.31. The normalized spacial score (nSPS) is 14.8. The van der Waals surface area contributed by atoms with Gasteiger partial charge in [-0.1, -0.05) is 24.3 Å². The topological polar surface area (TPSA) is 71.3 Å². The van der Waals surface area contributed by atoms with E-state index >= 15 is 0 Å². The molecule has 31 heavy (non-hydrogen) atoms. The Morgan fingerprint density at radius 3 is 2.58 bits per heavy atom. The Morgan fingerprint density at radius 1 is 1.10 bits per heavy atom. The molecule has 0 spiro atoms. The number of furan rings is 1. The van der Waals surface area contributed by atoms with Gasteiger partial charge in [-0.15, -0.1) is 24.0 Å². The van der Waals surface area contributed by atoms with Crippen LogP contribution < -0.4 is 10.6 Å². The lowest BCUT2D eigenvalue weighted by Crippen LogP contribution is -2.38. The predicted octanol–water partition coefficient (Wildman–Crippen LogP) is 3.39. The van der Waals surface area contributed by atoms with Gasteiger partial charge in [-0.25, -0.2) is 4.99 Å². The van der Waals surface area contributed by atoms with E-state index in [1.165, 1.54) is 11.1 Å². The van der Waals surface area contributed by atoms with E-state index in [0.29, 0.717) is 19.8 Å². The Morgan fingerprint density at radius 2 is 1.87 bits per heavy atom. The monoisotopic (exact) mass is 542 g/mol. The van der Waals surface area contributed by atoms with E-state index in [4.69, 9.17) is 18.9 Å². The van der Waals surface area contributed by atoms with Gasteiger partial charge in [-0.2, -0.15) is 0 Å². The van der Waals surface area contributed by atoms with Crippen molar-refractivity contribution in [3.63, 3.8) is 0 Å². The van der Waals surface area contributed by atoms with Gasteiger partial charge >= 0.3 is 0 Å². The van der Waals surface area contributed by atoms with E-state index in [9.17, 15) is 0 Å². The van der Waals surface area contributed by atoms with Crippen molar-refractivity contribution in [2.75, 3.05) is 46.0 Å². The molecule has 1 aliphatic rings. The van der Waals surface area contributed by atoms with Crippen LogP contribution in [0.4, 0.5) is 0 Å². The summed E-state index contributed by atoms with van der Waals surface area (Å²) in [7, 11) is 0. The molecule has 2 aromatic rings. The molecule has 172 valence electrons. The fraction of sp³-hybridized carbons (Fsp3) is 0.522. The van der Waals surface area contributed by atoms with Crippen LogP contribution in [-0.4, -0.2) is 56.9 Å². The molecule has 2 N–H and O–H groups in total. The summed E-state index contributed by atoms with van der Waals surface area (Å²) >= 11 is 0. The van der Waals surface area contributed by atoms with E-state index in [2.05, 4.69) is 46.7 Å². The molecule has 1 aromatic carbocycles. The van der Waals surface area contributed by atoms with Gasteiger partial charge in [0.05, 0.1) is 26.0 Å². The molecule has 0 saturated carbocycles. The van der Waals surface area contributed by atoms with E-state index in [0.717, 1.165) is 64.1 Å². The maximum Gasteiger partial charge on any atom is 0.191 e. The fourth-order valence-corrected chi connectivity index (χ4v) is 3.23. The van der Waals surface area contributed by atoms with Gasteiger partial charge in [0.1, 0.15) is 12.4 Å². The van der Waals surface area contributed by atoms with Crippen molar-refractivity contribution in [2.24, 2.45) is 4.99 Å². The number of nitrogens with one attached hydrogen (secondary N) is 2. The molecule has 0 radical (unpaired) electrons. The van der Waals surface area contributed by atoms with Crippen LogP contribution in [0.25, 0.3) is 0 Å². The molecule has 0 bridgehead atoms. The van der Waals surface area contributed by atoms with Gasteiger partial charge in [-0.3, -0.25) is 4.90 Å². The Kier molecular flexibility index (Phi) is 12.6. The van der Waals surface area contributed by atoms with Gasteiger partial charge < -0.3 is 24.5 Å². The molecular formula is C23H35IN4O3. The Labute approximate surface area is 202 Å². The molecule has 0 atom stereocenters. The lowest BCUT2D eigenvalue weighted by Gasteiger charge is -2.26. The number of aliphatic imine (C=N–C) groups is 1. The number of rotatable bonds is 11. The highest BCUT2D eigenvalue weighted by Crippen LogP contribution is 2.10. The highest BCUT2D eigenvalue weighted by Gasteiger charge is 2.10. The average Bonchev–Trinajstić information content (AvgIpc) is 3.30. The predicted molar refractivity (Wildman–Crippen MR) is 134 cm³/mol.